The Labute approximate surface area is 120 Å². The molecule has 0 spiro atoms. The van der Waals surface area contributed by atoms with Gasteiger partial charge in [0.25, 0.3) is 0 Å². The molecular weight excluding hydrogens is 252 g/mol. The zero-order valence-corrected chi connectivity index (χ0v) is 13.0. The molecule has 1 aromatic rings. The van der Waals surface area contributed by atoms with Gasteiger partial charge in [-0.25, -0.2) is 9.97 Å². The predicted octanol–water partition coefficient (Wildman–Crippen LogP) is 2.05. The highest BCUT2D eigenvalue weighted by Gasteiger charge is 2.35. The highest BCUT2D eigenvalue weighted by Crippen LogP contribution is 2.31. The van der Waals surface area contributed by atoms with Gasteiger partial charge in [0.15, 0.2) is 0 Å². The molecule has 110 valence electrons. The van der Waals surface area contributed by atoms with Crippen LogP contribution in [0.5, 0.6) is 0 Å². The molecular formula is C15H24N4O. The summed E-state index contributed by atoms with van der Waals surface area (Å²) in [4.78, 5) is 22.0. The summed E-state index contributed by atoms with van der Waals surface area (Å²) in [6.45, 7) is 6.40. The fourth-order valence-corrected chi connectivity index (χ4v) is 2.36. The van der Waals surface area contributed by atoms with E-state index in [1.54, 1.807) is 11.2 Å². The highest BCUT2D eigenvalue weighted by atomic mass is 16.2. The molecule has 0 bridgehead atoms. The fraction of sp³-hybridized carbons (Fsp3) is 0.667. The zero-order chi connectivity index (χ0) is 14.9. The topological polar surface area (TPSA) is 58.1 Å². The minimum atomic E-state index is 0.0163. The van der Waals surface area contributed by atoms with Gasteiger partial charge in [-0.15, -0.1) is 0 Å². The minimum absolute atomic E-state index is 0.0163. The van der Waals surface area contributed by atoms with Gasteiger partial charge in [-0.3, -0.25) is 4.79 Å². The lowest BCUT2D eigenvalue weighted by molar-refractivity contribution is -0.135. The van der Waals surface area contributed by atoms with Gasteiger partial charge in [0.1, 0.15) is 12.1 Å². The number of aromatic nitrogens is 2. The molecule has 0 radical (unpaired) electrons. The van der Waals surface area contributed by atoms with E-state index >= 15 is 0 Å². The van der Waals surface area contributed by atoms with Gasteiger partial charge in [-0.2, -0.15) is 0 Å². The molecule has 1 saturated carbocycles. The van der Waals surface area contributed by atoms with Gasteiger partial charge in [-0.05, 0) is 12.8 Å². The Morgan fingerprint density at radius 2 is 1.95 bits per heavy atom. The van der Waals surface area contributed by atoms with Crippen LogP contribution in [0.25, 0.3) is 0 Å². The molecule has 5 heteroatoms. The van der Waals surface area contributed by atoms with Crippen LogP contribution in [0.15, 0.2) is 12.4 Å². The normalized spacial score (nSPS) is 22.1. The number of carbonyl (C=O) groups is 1. The van der Waals surface area contributed by atoms with Gasteiger partial charge < -0.3 is 10.2 Å². The van der Waals surface area contributed by atoms with Crippen molar-refractivity contribution in [1.29, 1.82) is 0 Å². The number of hydrogen-bond acceptors (Lipinski definition) is 4. The summed E-state index contributed by atoms with van der Waals surface area (Å²) in [6.07, 6.45) is 3.36. The first-order valence-electron chi connectivity index (χ1n) is 7.07. The third-order valence-corrected chi connectivity index (χ3v) is 3.72. The van der Waals surface area contributed by atoms with E-state index in [0.29, 0.717) is 6.04 Å². The SMILES string of the molecule is CN(C)C(=O)C1CC(Nc2cc(C(C)(C)C)ncn2)C1. The zero-order valence-electron chi connectivity index (χ0n) is 13.0. The molecule has 0 aromatic carbocycles. The minimum Gasteiger partial charge on any atom is -0.367 e. The van der Waals surface area contributed by atoms with Crippen molar-refractivity contribution < 1.29 is 4.79 Å². The predicted molar refractivity (Wildman–Crippen MR) is 79.6 cm³/mol. The van der Waals surface area contributed by atoms with Crippen LogP contribution in [0.4, 0.5) is 5.82 Å². The molecule has 1 aromatic heterocycles. The van der Waals surface area contributed by atoms with E-state index in [1.807, 2.05) is 20.2 Å². The summed E-state index contributed by atoms with van der Waals surface area (Å²) in [5.41, 5.74) is 1.04. The van der Waals surface area contributed by atoms with Crippen LogP contribution in [0.1, 0.15) is 39.3 Å². The highest BCUT2D eigenvalue weighted by molar-refractivity contribution is 5.79. The first-order chi connectivity index (χ1) is 9.27. The molecule has 0 atom stereocenters. The largest absolute Gasteiger partial charge is 0.367 e. The van der Waals surface area contributed by atoms with Crippen molar-refractivity contribution in [3.05, 3.63) is 18.1 Å². The lowest BCUT2D eigenvalue weighted by Gasteiger charge is -2.36. The average Bonchev–Trinajstić information content (AvgIpc) is 2.31. The Hall–Kier alpha value is -1.65. The smallest absolute Gasteiger partial charge is 0.225 e. The van der Waals surface area contributed by atoms with Crippen molar-refractivity contribution >= 4 is 11.7 Å². The van der Waals surface area contributed by atoms with E-state index < -0.39 is 0 Å². The van der Waals surface area contributed by atoms with Crippen molar-refractivity contribution in [3.8, 4) is 0 Å². The third-order valence-electron chi connectivity index (χ3n) is 3.72. The van der Waals surface area contributed by atoms with Crippen molar-refractivity contribution in [1.82, 2.24) is 14.9 Å². The van der Waals surface area contributed by atoms with Crippen LogP contribution in [0.3, 0.4) is 0 Å². The summed E-state index contributed by atoms with van der Waals surface area (Å²) < 4.78 is 0. The van der Waals surface area contributed by atoms with Crippen molar-refractivity contribution in [2.75, 3.05) is 19.4 Å². The van der Waals surface area contributed by atoms with Crippen molar-refractivity contribution in [2.24, 2.45) is 5.92 Å². The van der Waals surface area contributed by atoms with Gasteiger partial charge in [0, 0.05) is 37.5 Å². The first kappa shape index (κ1) is 14.8. The fourth-order valence-electron chi connectivity index (χ4n) is 2.36. The number of amides is 1. The Kier molecular flexibility index (Phi) is 3.97. The van der Waals surface area contributed by atoms with E-state index in [0.717, 1.165) is 24.4 Å². The molecule has 1 fully saturated rings. The van der Waals surface area contributed by atoms with E-state index in [2.05, 4.69) is 36.1 Å². The van der Waals surface area contributed by atoms with E-state index in [-0.39, 0.29) is 17.2 Å². The monoisotopic (exact) mass is 276 g/mol. The molecule has 0 unspecified atom stereocenters. The maximum Gasteiger partial charge on any atom is 0.225 e. The lowest BCUT2D eigenvalue weighted by atomic mass is 9.79. The Bertz CT molecular complexity index is 487. The van der Waals surface area contributed by atoms with Crippen LogP contribution in [-0.2, 0) is 10.2 Å². The number of rotatable bonds is 3. The maximum absolute atomic E-state index is 11.8. The third kappa shape index (κ3) is 3.26. The molecule has 1 heterocycles. The number of carbonyl (C=O) groups excluding carboxylic acids is 1. The summed E-state index contributed by atoms with van der Waals surface area (Å²) in [7, 11) is 3.62. The van der Waals surface area contributed by atoms with Crippen LogP contribution < -0.4 is 5.32 Å². The molecule has 20 heavy (non-hydrogen) atoms. The molecule has 1 amide bonds. The Morgan fingerprint density at radius 1 is 1.30 bits per heavy atom. The van der Waals surface area contributed by atoms with Crippen molar-refractivity contribution in [2.45, 2.75) is 45.1 Å². The second-order valence-corrected chi connectivity index (χ2v) is 6.78. The van der Waals surface area contributed by atoms with E-state index in [4.69, 9.17) is 0 Å². The quantitative estimate of drug-likeness (QED) is 0.918. The Morgan fingerprint density at radius 3 is 2.50 bits per heavy atom. The molecule has 1 aliphatic carbocycles. The van der Waals surface area contributed by atoms with Gasteiger partial charge >= 0.3 is 0 Å². The molecule has 0 saturated heterocycles. The maximum atomic E-state index is 11.8. The van der Waals surface area contributed by atoms with Crippen LogP contribution in [-0.4, -0.2) is 40.9 Å². The standard InChI is InChI=1S/C15H24N4O/c1-15(2,3)12-8-13(17-9-16-12)18-11-6-10(7-11)14(20)19(4)5/h8-11H,6-7H2,1-5H3,(H,16,17,18). The van der Waals surface area contributed by atoms with Gasteiger partial charge in [0.2, 0.25) is 5.91 Å². The Balaban J connectivity index is 1.92. The van der Waals surface area contributed by atoms with Gasteiger partial charge in [0.05, 0.1) is 5.69 Å². The summed E-state index contributed by atoms with van der Waals surface area (Å²) in [6, 6.07) is 2.34. The summed E-state index contributed by atoms with van der Waals surface area (Å²) in [5, 5.41) is 3.39. The lowest BCUT2D eigenvalue weighted by Crippen LogP contribution is -2.44. The molecule has 2 rings (SSSR count). The van der Waals surface area contributed by atoms with Gasteiger partial charge in [-0.1, -0.05) is 20.8 Å². The number of anilines is 1. The average molecular weight is 276 g/mol. The van der Waals surface area contributed by atoms with E-state index in [1.165, 1.54) is 0 Å². The summed E-state index contributed by atoms with van der Waals surface area (Å²) in [5.74, 6) is 1.23. The van der Waals surface area contributed by atoms with Crippen LogP contribution >= 0.6 is 0 Å². The second-order valence-electron chi connectivity index (χ2n) is 6.78. The molecule has 0 aliphatic heterocycles. The van der Waals surface area contributed by atoms with E-state index in [9.17, 15) is 4.79 Å². The number of nitrogens with one attached hydrogen (secondary N) is 1. The number of nitrogens with zero attached hydrogens (tertiary/aromatic N) is 3. The van der Waals surface area contributed by atoms with Crippen LogP contribution in [0, 0.1) is 5.92 Å². The van der Waals surface area contributed by atoms with Crippen LogP contribution in [0.2, 0.25) is 0 Å². The first-order valence-corrected chi connectivity index (χ1v) is 7.07. The second kappa shape index (κ2) is 5.38. The molecule has 1 aliphatic rings. The number of hydrogen-bond donors (Lipinski definition) is 1. The molecule has 1 N–H and O–H groups in total. The summed E-state index contributed by atoms with van der Waals surface area (Å²) >= 11 is 0. The molecule has 5 nitrogen and oxygen atoms in total. The van der Waals surface area contributed by atoms with Crippen molar-refractivity contribution in [3.63, 3.8) is 0 Å².